The number of hydrogen-bond acceptors (Lipinski definition) is 7. The summed E-state index contributed by atoms with van der Waals surface area (Å²) in [6.07, 6.45) is 7.03. The number of fused-ring (bicyclic) bond motifs is 3. The highest BCUT2D eigenvalue weighted by Crippen LogP contribution is 2.57. The fraction of sp³-hybridized carbons (Fsp3) is 0.400. The average molecular weight is 601 g/mol. The molecule has 0 amide bonds. The number of hydrogen-bond donors (Lipinski definition) is 1. The van der Waals surface area contributed by atoms with Gasteiger partial charge in [-0.1, -0.05) is 36.7 Å². The van der Waals surface area contributed by atoms with Crippen molar-refractivity contribution in [1.82, 2.24) is 9.47 Å². The first-order valence-electron chi connectivity index (χ1n) is 13.6. The zero-order valence-electron chi connectivity index (χ0n) is 23.0. The smallest absolute Gasteiger partial charge is 0.355 e. The SMILES string of the molecule is CC[C@]12C=C(C(=O)OCCOC(=O)c3ccc(Cl)cc3)n3c4c(c5ccccc53)CCN(CCC1)[C@H]42.CS(=O)(=O)O. The number of ether oxygens (including phenoxy) is 2. The van der Waals surface area contributed by atoms with Gasteiger partial charge in [-0.15, -0.1) is 0 Å². The fourth-order valence-corrected chi connectivity index (χ4v) is 6.57. The summed E-state index contributed by atoms with van der Waals surface area (Å²) in [5.41, 5.74) is 4.57. The second-order valence-corrected chi connectivity index (χ2v) is 12.5. The van der Waals surface area contributed by atoms with Gasteiger partial charge in [-0.05, 0) is 74.2 Å². The normalized spacial score (nSPS) is 21.3. The van der Waals surface area contributed by atoms with E-state index in [0.29, 0.717) is 22.5 Å². The largest absolute Gasteiger partial charge is 0.458 e. The van der Waals surface area contributed by atoms with E-state index in [4.69, 9.17) is 25.6 Å². The van der Waals surface area contributed by atoms with Crippen molar-refractivity contribution in [2.24, 2.45) is 5.41 Å². The van der Waals surface area contributed by atoms with Gasteiger partial charge in [-0.2, -0.15) is 8.42 Å². The van der Waals surface area contributed by atoms with Gasteiger partial charge in [0, 0.05) is 28.1 Å². The summed E-state index contributed by atoms with van der Waals surface area (Å²) in [6, 6.07) is 15.1. The lowest BCUT2D eigenvalue weighted by Crippen LogP contribution is -2.51. The molecule has 1 saturated heterocycles. The van der Waals surface area contributed by atoms with E-state index in [9.17, 15) is 18.0 Å². The molecule has 6 rings (SSSR count). The number of nitrogens with zero attached hydrogens (tertiary/aromatic N) is 2. The molecule has 2 aromatic carbocycles. The van der Waals surface area contributed by atoms with Crippen LogP contribution in [0, 0.1) is 5.41 Å². The first kappa shape index (κ1) is 29.3. The summed E-state index contributed by atoms with van der Waals surface area (Å²) in [6.45, 7) is 4.36. The maximum Gasteiger partial charge on any atom is 0.355 e. The molecule has 4 heterocycles. The van der Waals surface area contributed by atoms with Gasteiger partial charge >= 0.3 is 11.9 Å². The quantitative estimate of drug-likeness (QED) is 0.235. The highest BCUT2D eigenvalue weighted by molar-refractivity contribution is 7.85. The molecular weight excluding hydrogens is 568 g/mol. The zero-order valence-corrected chi connectivity index (χ0v) is 24.6. The molecule has 0 unspecified atom stereocenters. The first-order valence-corrected chi connectivity index (χ1v) is 15.9. The van der Waals surface area contributed by atoms with Gasteiger partial charge in [0.05, 0.1) is 23.4 Å². The minimum atomic E-state index is -3.67. The van der Waals surface area contributed by atoms with Gasteiger partial charge in [0.1, 0.15) is 18.9 Å². The number of halogens is 1. The van der Waals surface area contributed by atoms with Crippen molar-refractivity contribution in [3.05, 3.63) is 76.5 Å². The number of rotatable bonds is 6. The maximum atomic E-state index is 13.5. The second kappa shape index (κ2) is 11.6. The molecule has 0 bridgehead atoms. The third-order valence-corrected chi connectivity index (χ3v) is 8.34. The van der Waals surface area contributed by atoms with E-state index in [1.54, 1.807) is 24.3 Å². The highest BCUT2D eigenvalue weighted by Gasteiger charge is 2.51. The van der Waals surface area contributed by atoms with E-state index in [0.717, 1.165) is 44.3 Å². The predicted molar refractivity (Wildman–Crippen MR) is 156 cm³/mol. The van der Waals surface area contributed by atoms with Crippen molar-refractivity contribution < 1.29 is 32.0 Å². The Bertz CT molecular complexity index is 1610. The van der Waals surface area contributed by atoms with Crippen LogP contribution >= 0.6 is 11.6 Å². The Balaban J connectivity index is 0.000000623. The van der Waals surface area contributed by atoms with E-state index in [-0.39, 0.29) is 30.6 Å². The van der Waals surface area contributed by atoms with E-state index < -0.39 is 16.1 Å². The molecule has 3 aromatic rings. The molecule has 3 aliphatic heterocycles. The zero-order chi connectivity index (χ0) is 29.4. The van der Waals surface area contributed by atoms with Crippen molar-refractivity contribution in [3.63, 3.8) is 0 Å². The van der Waals surface area contributed by atoms with Crippen molar-refractivity contribution >= 4 is 50.3 Å². The van der Waals surface area contributed by atoms with Crippen LogP contribution < -0.4 is 0 Å². The Hall–Kier alpha value is -3.18. The van der Waals surface area contributed by atoms with Crippen LogP contribution in [0.1, 0.15) is 53.8 Å². The number of piperidine rings is 1. The number of para-hydroxylation sites is 1. The van der Waals surface area contributed by atoms with Gasteiger partial charge in [0.15, 0.2) is 0 Å². The number of carbonyl (C=O) groups excluding carboxylic acids is 2. The van der Waals surface area contributed by atoms with Gasteiger partial charge in [0.25, 0.3) is 10.1 Å². The molecule has 2 atom stereocenters. The number of carbonyl (C=O) groups is 2. The molecule has 1 aromatic heterocycles. The Labute approximate surface area is 244 Å². The van der Waals surface area contributed by atoms with Crippen LogP contribution in [-0.2, 0) is 30.8 Å². The minimum absolute atomic E-state index is 0.00836. The lowest BCUT2D eigenvalue weighted by Gasteiger charge is -2.53. The van der Waals surface area contributed by atoms with E-state index in [1.807, 2.05) is 6.07 Å². The van der Waals surface area contributed by atoms with Crippen LogP contribution in [0.3, 0.4) is 0 Å². The Morgan fingerprint density at radius 1 is 1.05 bits per heavy atom. The van der Waals surface area contributed by atoms with Crippen LogP contribution in [0.2, 0.25) is 5.02 Å². The van der Waals surface area contributed by atoms with Gasteiger partial charge < -0.3 is 14.0 Å². The molecule has 0 spiro atoms. The van der Waals surface area contributed by atoms with Crippen molar-refractivity contribution in [3.8, 4) is 0 Å². The molecule has 218 valence electrons. The monoisotopic (exact) mass is 600 g/mol. The molecule has 9 nitrogen and oxygen atoms in total. The van der Waals surface area contributed by atoms with E-state index in [2.05, 4.69) is 40.7 Å². The summed E-state index contributed by atoms with van der Waals surface area (Å²) in [4.78, 5) is 28.4. The Morgan fingerprint density at radius 2 is 1.71 bits per heavy atom. The van der Waals surface area contributed by atoms with Gasteiger partial charge in [0.2, 0.25) is 0 Å². The molecule has 3 aliphatic rings. The van der Waals surface area contributed by atoms with Gasteiger partial charge in [-0.25, -0.2) is 9.59 Å². The molecule has 0 aliphatic carbocycles. The summed E-state index contributed by atoms with van der Waals surface area (Å²) in [5, 5.41) is 1.77. The predicted octanol–water partition coefficient (Wildman–Crippen LogP) is 5.14. The molecule has 1 N–H and O–H groups in total. The van der Waals surface area contributed by atoms with Crippen LogP contribution in [0.15, 0.2) is 54.6 Å². The van der Waals surface area contributed by atoms with E-state index >= 15 is 0 Å². The number of aromatic nitrogens is 1. The standard InChI is InChI=1S/C29H29ClN2O4.CH4O3S/c1-2-29-13-5-14-31-15-12-22-21-6-3-4-7-23(21)32(25(22)26(29)31)24(18-29)28(34)36-17-16-35-27(33)19-8-10-20(30)11-9-19;1-5(2,3)4/h3-4,6-11,18,26H,2,5,12-17H2,1H3;1H3,(H,2,3,4)/t26-,29-;/m1./s1. The Kier molecular flexibility index (Phi) is 8.29. The third-order valence-electron chi connectivity index (χ3n) is 8.09. The van der Waals surface area contributed by atoms with Crippen LogP contribution in [-0.4, -0.2) is 66.9 Å². The van der Waals surface area contributed by atoms with Gasteiger partial charge in [-0.3, -0.25) is 9.45 Å². The molecule has 0 radical (unpaired) electrons. The number of benzene rings is 2. The molecule has 41 heavy (non-hydrogen) atoms. The number of esters is 2. The molecular formula is C30H33ClN2O7S. The Morgan fingerprint density at radius 3 is 2.39 bits per heavy atom. The highest BCUT2D eigenvalue weighted by atomic mass is 35.5. The van der Waals surface area contributed by atoms with Crippen molar-refractivity contribution in [1.29, 1.82) is 0 Å². The first-order chi connectivity index (χ1) is 19.5. The topological polar surface area (TPSA) is 115 Å². The van der Waals surface area contributed by atoms with Crippen LogP contribution in [0.4, 0.5) is 0 Å². The third kappa shape index (κ3) is 5.92. The minimum Gasteiger partial charge on any atom is -0.458 e. The van der Waals surface area contributed by atoms with Crippen LogP contribution in [0.5, 0.6) is 0 Å². The second-order valence-electron chi connectivity index (χ2n) is 10.6. The summed E-state index contributed by atoms with van der Waals surface area (Å²) >= 11 is 5.88. The fourth-order valence-electron chi connectivity index (χ4n) is 6.44. The molecule has 11 heteroatoms. The lowest BCUT2D eigenvalue weighted by molar-refractivity contribution is -0.138. The average Bonchev–Trinajstić information content (AvgIpc) is 3.28. The molecule has 1 fully saturated rings. The lowest BCUT2D eigenvalue weighted by atomic mass is 9.66. The summed E-state index contributed by atoms with van der Waals surface area (Å²) < 4.78 is 39.0. The summed E-state index contributed by atoms with van der Waals surface area (Å²) in [7, 11) is -3.67. The van der Waals surface area contributed by atoms with Crippen molar-refractivity contribution in [2.75, 3.05) is 32.6 Å². The van der Waals surface area contributed by atoms with Crippen molar-refractivity contribution in [2.45, 2.75) is 38.6 Å². The maximum absolute atomic E-state index is 13.5. The van der Waals surface area contributed by atoms with E-state index in [1.165, 1.54) is 16.6 Å². The molecule has 0 saturated carbocycles. The van der Waals surface area contributed by atoms with Crippen LogP contribution in [0.25, 0.3) is 16.6 Å². The summed E-state index contributed by atoms with van der Waals surface area (Å²) in [5.74, 6) is -0.852.